The number of hydrogen-bond donors (Lipinski definition) is 0. The molecule has 0 aliphatic heterocycles. The third kappa shape index (κ3) is 8.80. The first-order valence-corrected chi connectivity index (χ1v) is 20.3. The molecule has 0 saturated carbocycles. The van der Waals surface area contributed by atoms with E-state index in [1.54, 1.807) is 0 Å². The van der Waals surface area contributed by atoms with E-state index in [4.69, 9.17) is 0 Å². The predicted octanol–water partition coefficient (Wildman–Crippen LogP) is 18.9. The average Bonchev–Trinajstić information content (AvgIpc) is 3.43. The van der Waals surface area contributed by atoms with Crippen molar-refractivity contribution in [3.8, 4) is 11.1 Å². The van der Waals surface area contributed by atoms with E-state index in [1.165, 1.54) is 18.2 Å². The Morgan fingerprint density at radius 3 is 0.808 bits per heavy atom. The van der Waals surface area contributed by atoms with E-state index < -0.39 is 211 Å². The molecule has 30 heteroatoms. The molecule has 0 aliphatic rings. The van der Waals surface area contributed by atoms with Gasteiger partial charge in [0.25, 0.3) is 0 Å². The first-order chi connectivity index (χ1) is 36.0. The molecule has 0 bridgehead atoms. The molecule has 78 heavy (non-hydrogen) atoms. The van der Waals surface area contributed by atoms with Gasteiger partial charge in [0.05, 0.1) is 0 Å². The summed E-state index contributed by atoms with van der Waals surface area (Å²) >= 11 is 0. The molecule has 0 spiro atoms. The van der Waals surface area contributed by atoms with E-state index >= 15 is 70.2 Å². The van der Waals surface area contributed by atoms with Crippen molar-refractivity contribution in [2.24, 2.45) is 0 Å². The van der Waals surface area contributed by atoms with Gasteiger partial charge in [-0.25, -0.2) is 70.2 Å². The standard InChI is InChI=1S/C48H12F28N2/c49-25-21(45(65,66)67)26(50)34(58)41(33(25)57)77(42-35(59)27(51)22(46(68,69)70)28(52)36(42)60)15-6-8-17-14(10-15)11-19(13-4-2-1-3-5-13)20-12-16(7-9-18(17)20)78(43-37(61)29(53)23(47(71,72)73)30(54)38(43)62)44-39(63)31(55)24(48(74,75)76)32(56)40(44)64/h1-12H. The van der Waals surface area contributed by atoms with Gasteiger partial charge in [0, 0.05) is 11.4 Å². The van der Waals surface area contributed by atoms with E-state index in [0.717, 1.165) is 18.2 Å². The monoisotopic (exact) mass is 1150 g/mol. The quantitative estimate of drug-likeness (QED) is 0.0891. The normalized spacial score (nSPS) is 12.6. The van der Waals surface area contributed by atoms with E-state index in [1.807, 2.05) is 0 Å². The predicted molar refractivity (Wildman–Crippen MR) is 216 cm³/mol. The van der Waals surface area contributed by atoms with Gasteiger partial charge in [-0.05, 0) is 63.0 Å². The first-order valence-electron chi connectivity index (χ1n) is 20.3. The fourth-order valence-corrected chi connectivity index (χ4v) is 8.27. The molecule has 0 heterocycles. The summed E-state index contributed by atoms with van der Waals surface area (Å²) in [5.41, 5.74) is -28.1. The molecular formula is C48H12F28N2. The maximum Gasteiger partial charge on any atom is 0.422 e. The van der Waals surface area contributed by atoms with E-state index in [9.17, 15) is 52.7 Å². The lowest BCUT2D eigenvalue weighted by Gasteiger charge is -2.29. The van der Waals surface area contributed by atoms with Gasteiger partial charge in [0.15, 0.2) is 93.1 Å². The van der Waals surface area contributed by atoms with Gasteiger partial charge in [0.1, 0.15) is 45.0 Å². The molecule has 0 aliphatic carbocycles. The van der Waals surface area contributed by atoms with Crippen LogP contribution in [0.25, 0.3) is 32.7 Å². The number of fused-ring (bicyclic) bond motifs is 3. The molecule has 0 saturated heterocycles. The van der Waals surface area contributed by atoms with Crippen LogP contribution in [0.1, 0.15) is 22.3 Å². The molecule has 0 fully saturated rings. The Morgan fingerprint density at radius 2 is 0.526 bits per heavy atom. The zero-order chi connectivity index (χ0) is 58.1. The number of alkyl halides is 12. The summed E-state index contributed by atoms with van der Waals surface area (Å²) in [6.45, 7) is 0. The Labute approximate surface area is 412 Å². The third-order valence-corrected chi connectivity index (χ3v) is 11.5. The zero-order valence-corrected chi connectivity index (χ0v) is 36.4. The topological polar surface area (TPSA) is 6.48 Å². The fraction of sp³-hybridized carbons (Fsp3) is 0.0833. The number of benzene rings is 8. The summed E-state index contributed by atoms with van der Waals surface area (Å²) in [5.74, 6) is -53.5. The molecule has 8 aromatic rings. The highest BCUT2D eigenvalue weighted by Gasteiger charge is 2.49. The second-order valence-electron chi connectivity index (χ2n) is 16.0. The van der Waals surface area contributed by atoms with Crippen molar-refractivity contribution in [3.63, 3.8) is 0 Å². The molecular weight excluding hydrogens is 1140 g/mol. The van der Waals surface area contributed by atoms with Gasteiger partial charge in [-0.1, -0.05) is 42.5 Å². The first kappa shape index (κ1) is 56.1. The minimum atomic E-state index is -6.34. The third-order valence-electron chi connectivity index (χ3n) is 11.5. The second-order valence-corrected chi connectivity index (χ2v) is 16.0. The Balaban J connectivity index is 1.50. The van der Waals surface area contributed by atoms with Gasteiger partial charge >= 0.3 is 24.7 Å². The molecule has 8 aromatic carbocycles. The van der Waals surface area contributed by atoms with E-state index in [0.29, 0.717) is 24.3 Å². The lowest BCUT2D eigenvalue weighted by molar-refractivity contribution is -0.144. The number of halogens is 28. The van der Waals surface area contributed by atoms with E-state index in [2.05, 4.69) is 0 Å². The molecule has 0 radical (unpaired) electrons. The van der Waals surface area contributed by atoms with Crippen molar-refractivity contribution < 1.29 is 123 Å². The van der Waals surface area contributed by atoms with Crippen LogP contribution < -0.4 is 9.80 Å². The second kappa shape index (κ2) is 18.8. The Kier molecular flexibility index (Phi) is 13.6. The van der Waals surface area contributed by atoms with Crippen LogP contribution in [-0.2, 0) is 24.7 Å². The Bertz CT molecular complexity index is 3540. The molecule has 0 atom stereocenters. The van der Waals surface area contributed by atoms with Gasteiger partial charge in [-0.15, -0.1) is 0 Å². The van der Waals surface area contributed by atoms with Crippen molar-refractivity contribution in [2.45, 2.75) is 24.7 Å². The van der Waals surface area contributed by atoms with Crippen LogP contribution in [0.15, 0.2) is 72.8 Å². The van der Waals surface area contributed by atoms with Crippen LogP contribution >= 0.6 is 0 Å². The fourth-order valence-electron chi connectivity index (χ4n) is 8.27. The highest BCUT2D eigenvalue weighted by molar-refractivity contribution is 6.15. The van der Waals surface area contributed by atoms with Gasteiger partial charge in [-0.2, -0.15) is 52.7 Å². The maximum atomic E-state index is 15.9. The highest BCUT2D eigenvalue weighted by Crippen LogP contribution is 2.52. The van der Waals surface area contributed by atoms with Crippen LogP contribution in [0.3, 0.4) is 0 Å². The maximum absolute atomic E-state index is 15.9. The van der Waals surface area contributed by atoms with Crippen LogP contribution in [-0.4, -0.2) is 0 Å². The minimum Gasteiger partial charge on any atom is -0.300 e. The summed E-state index contributed by atoms with van der Waals surface area (Å²) in [6, 6.07) is 8.90. The van der Waals surface area contributed by atoms with Crippen molar-refractivity contribution in [1.82, 2.24) is 0 Å². The van der Waals surface area contributed by atoms with Crippen LogP contribution in [0.2, 0.25) is 0 Å². The molecule has 410 valence electrons. The summed E-state index contributed by atoms with van der Waals surface area (Å²) in [4.78, 5) is -1.89. The SMILES string of the molecule is Fc1c(F)c(C(F)(F)F)c(F)c(F)c1N(c1ccc2c(c1)cc(-c1ccccc1)c1cc(N(c3c(F)c(F)c(C(F)(F)F)c(F)c3F)c3c(F)c(F)c(C(F)(F)F)c(F)c3F)ccc12)c1c(F)c(F)c(C(F)(F)F)c(F)c1F. The number of hydrogen-bond acceptors (Lipinski definition) is 2. The molecule has 8 rings (SSSR count). The van der Waals surface area contributed by atoms with Crippen LogP contribution in [0.4, 0.5) is 157 Å². The number of nitrogens with zero attached hydrogens (tertiary/aromatic N) is 2. The molecule has 0 amide bonds. The minimum absolute atomic E-state index is 0.226. The summed E-state index contributed by atoms with van der Waals surface area (Å²) in [7, 11) is 0. The average molecular weight is 1150 g/mol. The van der Waals surface area contributed by atoms with Crippen LogP contribution in [0.5, 0.6) is 0 Å². The molecule has 0 unspecified atom stereocenters. The van der Waals surface area contributed by atoms with Crippen molar-refractivity contribution in [3.05, 3.63) is 188 Å². The molecule has 2 nitrogen and oxygen atoms in total. The van der Waals surface area contributed by atoms with Crippen molar-refractivity contribution in [2.75, 3.05) is 9.80 Å². The van der Waals surface area contributed by atoms with Crippen molar-refractivity contribution >= 4 is 55.7 Å². The van der Waals surface area contributed by atoms with Gasteiger partial charge < -0.3 is 0 Å². The summed E-state index contributed by atoms with van der Waals surface area (Å²) < 4.78 is 413. The number of rotatable bonds is 7. The Morgan fingerprint density at radius 1 is 0.256 bits per heavy atom. The lowest BCUT2D eigenvalue weighted by atomic mass is 9.92. The van der Waals surface area contributed by atoms with Gasteiger partial charge in [-0.3, -0.25) is 9.80 Å². The van der Waals surface area contributed by atoms with Crippen LogP contribution in [0, 0.1) is 93.1 Å². The Hall–Kier alpha value is -8.08. The largest absolute Gasteiger partial charge is 0.422 e. The number of anilines is 6. The highest BCUT2D eigenvalue weighted by atomic mass is 19.4. The van der Waals surface area contributed by atoms with Gasteiger partial charge in [0.2, 0.25) is 0 Å². The summed E-state index contributed by atoms with van der Waals surface area (Å²) in [6.07, 6.45) is -25.4. The molecule has 0 aromatic heterocycles. The van der Waals surface area contributed by atoms with Crippen molar-refractivity contribution in [1.29, 1.82) is 0 Å². The smallest absolute Gasteiger partial charge is 0.300 e. The lowest BCUT2D eigenvalue weighted by Crippen LogP contribution is -2.24. The zero-order valence-electron chi connectivity index (χ0n) is 36.4. The molecule has 0 N–H and O–H groups in total. The van der Waals surface area contributed by atoms with E-state index in [-0.39, 0.29) is 17.7 Å². The summed E-state index contributed by atoms with van der Waals surface area (Å²) in [5, 5.41) is -2.28.